The minimum Gasteiger partial charge on any atom is -0.324 e. The molecule has 0 unspecified atom stereocenters. The summed E-state index contributed by atoms with van der Waals surface area (Å²) in [4.78, 5) is 35.8. The van der Waals surface area contributed by atoms with Crippen molar-refractivity contribution >= 4 is 17.5 Å². The molecule has 0 saturated carbocycles. The molecule has 2 aromatic heterocycles. The lowest BCUT2D eigenvalue weighted by Gasteiger charge is -2.26. The second-order valence-corrected chi connectivity index (χ2v) is 9.76. The zero-order valence-corrected chi connectivity index (χ0v) is 23.0. The van der Waals surface area contributed by atoms with Crippen LogP contribution < -0.4 is 11.1 Å². The van der Waals surface area contributed by atoms with Gasteiger partial charge in [-0.2, -0.15) is 18.3 Å². The number of nitrogens with one attached hydrogen (secondary N) is 1. The Bertz CT molecular complexity index is 1430. The van der Waals surface area contributed by atoms with Crippen LogP contribution in [0, 0.1) is 12.3 Å². The minimum absolute atomic E-state index is 0.0382. The molecule has 3 aromatic rings. The van der Waals surface area contributed by atoms with Crippen molar-refractivity contribution in [1.82, 2.24) is 24.4 Å². The predicted octanol–water partition coefficient (Wildman–Crippen LogP) is 3.88. The summed E-state index contributed by atoms with van der Waals surface area (Å²) in [5.41, 5.74) is 5.43. The third kappa shape index (κ3) is 6.88. The van der Waals surface area contributed by atoms with Gasteiger partial charge in [0.15, 0.2) is 11.5 Å². The fourth-order valence-electron chi connectivity index (χ4n) is 3.90. The topological polar surface area (TPSA) is 120 Å². The number of aromatic nitrogens is 4. The van der Waals surface area contributed by atoms with Crippen LogP contribution in [0.15, 0.2) is 30.6 Å². The van der Waals surface area contributed by atoms with Crippen LogP contribution in [0.5, 0.6) is 0 Å². The van der Waals surface area contributed by atoms with E-state index in [0.717, 1.165) is 4.68 Å². The third-order valence-corrected chi connectivity index (χ3v) is 5.83. The summed E-state index contributed by atoms with van der Waals surface area (Å²) in [6, 6.07) is 4.79. The van der Waals surface area contributed by atoms with E-state index in [2.05, 4.69) is 21.3 Å². The summed E-state index contributed by atoms with van der Waals surface area (Å²) >= 11 is 0. The van der Waals surface area contributed by atoms with Gasteiger partial charge in [0.05, 0.1) is 24.1 Å². The molecule has 0 spiro atoms. The first-order chi connectivity index (χ1) is 18.7. The molecule has 13 heteroatoms. The van der Waals surface area contributed by atoms with Gasteiger partial charge in [0.25, 0.3) is 11.8 Å². The Labute approximate surface area is 230 Å². The number of alkyl halides is 3. The first-order valence-corrected chi connectivity index (χ1v) is 12.5. The van der Waals surface area contributed by atoms with E-state index in [9.17, 15) is 22.8 Å². The number of nitrogens with two attached hydrogens (primary N) is 1. The lowest BCUT2D eigenvalue weighted by atomic mass is 10.0. The van der Waals surface area contributed by atoms with Crippen molar-refractivity contribution < 1.29 is 27.6 Å². The highest BCUT2D eigenvalue weighted by Crippen LogP contribution is 2.36. The second kappa shape index (κ2) is 11.9. The molecule has 0 atom stereocenters. The number of aryl methyl sites for hydroxylation is 1. The molecule has 3 N–H and O–H groups in total. The van der Waals surface area contributed by atoms with Crippen molar-refractivity contribution in [1.29, 1.82) is 0 Å². The van der Waals surface area contributed by atoms with Crippen LogP contribution in [0.2, 0.25) is 0 Å². The maximum Gasteiger partial charge on any atom is 0.435 e. The molecule has 0 radical (unpaired) electrons. The largest absolute Gasteiger partial charge is 0.435 e. The van der Waals surface area contributed by atoms with E-state index < -0.39 is 23.3 Å². The maximum absolute atomic E-state index is 13.6. The molecule has 0 saturated heterocycles. The van der Waals surface area contributed by atoms with E-state index in [4.69, 9.17) is 17.0 Å². The van der Waals surface area contributed by atoms with E-state index >= 15 is 0 Å². The number of rotatable bonds is 10. The average molecular weight is 560 g/mol. The van der Waals surface area contributed by atoms with Crippen LogP contribution in [-0.2, 0) is 31.0 Å². The number of carbonyl (C=O) groups is 2. The van der Waals surface area contributed by atoms with Crippen molar-refractivity contribution in [2.45, 2.75) is 52.4 Å². The minimum atomic E-state index is -4.74. The van der Waals surface area contributed by atoms with Crippen LogP contribution in [-0.4, -0.2) is 54.9 Å². The number of amides is 2. The average Bonchev–Trinajstić information content (AvgIpc) is 3.47. The molecule has 0 fully saturated rings. The van der Waals surface area contributed by atoms with Crippen LogP contribution in [0.1, 0.15) is 59.9 Å². The van der Waals surface area contributed by atoms with Gasteiger partial charge in [0.1, 0.15) is 6.54 Å². The van der Waals surface area contributed by atoms with Crippen molar-refractivity contribution in [2.24, 2.45) is 12.8 Å². The Kier molecular flexibility index (Phi) is 9.07. The number of hydrogen-bond donors (Lipinski definition) is 2. The molecular weight excluding hydrogens is 527 g/mol. The fraction of sp³-hybridized carbons (Fsp3) is 0.407. The number of terminal acetylenes is 1. The van der Waals surface area contributed by atoms with E-state index in [1.165, 1.54) is 29.1 Å². The van der Waals surface area contributed by atoms with Gasteiger partial charge >= 0.3 is 6.18 Å². The van der Waals surface area contributed by atoms with E-state index in [1.807, 2.05) is 6.92 Å². The van der Waals surface area contributed by atoms with Gasteiger partial charge < -0.3 is 15.6 Å². The Morgan fingerprint density at radius 2 is 1.95 bits per heavy atom. The van der Waals surface area contributed by atoms with Crippen LogP contribution in [0.25, 0.3) is 11.3 Å². The van der Waals surface area contributed by atoms with Gasteiger partial charge in [-0.25, -0.2) is 10.0 Å². The first kappa shape index (κ1) is 30.4. The highest BCUT2D eigenvalue weighted by molar-refractivity contribution is 6.03. The first-order valence-electron chi connectivity index (χ1n) is 12.5. The highest BCUT2D eigenvalue weighted by atomic mass is 19.4. The standard InChI is InChI=1S/C27H32F3N7O3/c1-7-12-36-15-20(22(34-36)27(28,29)30)21-14-32-23(35(21)6)24(38)33-18-10-11-19(17(8-2)13-18)25(39)37(9-3)40-16-26(4,5)31/h1,10-11,13-15H,8-9,12,16,31H2,2-6H3,(H,33,38). The molecule has 0 bridgehead atoms. The van der Waals surface area contributed by atoms with E-state index in [-0.39, 0.29) is 36.1 Å². The predicted molar refractivity (Wildman–Crippen MR) is 143 cm³/mol. The number of carbonyl (C=O) groups excluding carboxylic acids is 2. The van der Waals surface area contributed by atoms with Crippen molar-refractivity contribution in [3.05, 3.63) is 53.2 Å². The molecule has 2 amide bonds. The molecule has 0 aliphatic heterocycles. The van der Waals surface area contributed by atoms with Gasteiger partial charge in [-0.05, 0) is 51.0 Å². The molecular formula is C27H32F3N7O3. The molecule has 0 aliphatic carbocycles. The van der Waals surface area contributed by atoms with Gasteiger partial charge in [0.2, 0.25) is 0 Å². The smallest absolute Gasteiger partial charge is 0.324 e. The van der Waals surface area contributed by atoms with Crippen molar-refractivity contribution in [3.63, 3.8) is 0 Å². The zero-order chi connectivity index (χ0) is 29.8. The van der Waals surface area contributed by atoms with Crippen LogP contribution in [0.4, 0.5) is 18.9 Å². The van der Waals surface area contributed by atoms with Gasteiger partial charge in [-0.3, -0.25) is 19.1 Å². The number of imidazole rings is 1. The third-order valence-electron chi connectivity index (χ3n) is 5.83. The Morgan fingerprint density at radius 1 is 1.25 bits per heavy atom. The summed E-state index contributed by atoms with van der Waals surface area (Å²) in [7, 11) is 1.43. The quantitative estimate of drug-likeness (QED) is 0.287. The fourth-order valence-corrected chi connectivity index (χ4v) is 3.90. The lowest BCUT2D eigenvalue weighted by molar-refractivity contribution is -0.141. The van der Waals surface area contributed by atoms with E-state index in [0.29, 0.717) is 29.8 Å². The van der Waals surface area contributed by atoms with E-state index in [1.54, 1.807) is 39.0 Å². The van der Waals surface area contributed by atoms with Gasteiger partial charge in [-0.1, -0.05) is 12.8 Å². The number of hydroxylamine groups is 2. The maximum atomic E-state index is 13.6. The number of nitrogens with zero attached hydrogens (tertiary/aromatic N) is 5. The molecule has 3 rings (SSSR count). The number of benzene rings is 1. The molecule has 0 aliphatic rings. The van der Waals surface area contributed by atoms with Crippen LogP contribution >= 0.6 is 0 Å². The Balaban J connectivity index is 1.85. The Hall–Kier alpha value is -4.15. The SMILES string of the molecule is C#CCn1cc(-c2cnc(C(=O)Nc3ccc(C(=O)N(CC)OCC(C)(C)N)c(CC)c3)n2C)c(C(F)(F)F)n1. The normalized spacial score (nSPS) is 11.8. The zero-order valence-electron chi connectivity index (χ0n) is 23.0. The van der Waals surface area contributed by atoms with Crippen molar-refractivity contribution in [2.75, 3.05) is 18.5 Å². The highest BCUT2D eigenvalue weighted by Gasteiger charge is 2.38. The second-order valence-electron chi connectivity index (χ2n) is 9.76. The summed E-state index contributed by atoms with van der Waals surface area (Å²) < 4.78 is 43.1. The molecule has 40 heavy (non-hydrogen) atoms. The lowest BCUT2D eigenvalue weighted by Crippen LogP contribution is -2.42. The number of halogens is 3. The summed E-state index contributed by atoms with van der Waals surface area (Å²) in [6.45, 7) is 7.50. The van der Waals surface area contributed by atoms with Gasteiger partial charge in [-0.15, -0.1) is 6.42 Å². The van der Waals surface area contributed by atoms with Crippen LogP contribution in [0.3, 0.4) is 0 Å². The molecule has 214 valence electrons. The summed E-state index contributed by atoms with van der Waals surface area (Å²) in [6.07, 6.45) is 3.30. The molecule has 1 aromatic carbocycles. The van der Waals surface area contributed by atoms with Crippen molar-refractivity contribution in [3.8, 4) is 23.6 Å². The number of hydrogen-bond acceptors (Lipinski definition) is 6. The monoisotopic (exact) mass is 559 g/mol. The summed E-state index contributed by atoms with van der Waals surface area (Å²) in [5, 5.41) is 7.49. The molecule has 10 nitrogen and oxygen atoms in total. The molecule has 2 heterocycles. The summed E-state index contributed by atoms with van der Waals surface area (Å²) in [5.74, 6) is 1.13. The number of anilines is 1. The van der Waals surface area contributed by atoms with Gasteiger partial charge in [0, 0.05) is 36.6 Å². The Morgan fingerprint density at radius 3 is 2.52 bits per heavy atom.